The SMILES string of the molecule is CC[C@]12C(=O)[C@@](CC)(C(c3ccccc3)=C1c1ccccc1)[C@H]1C(=O)N(c3cc(C)cc(C)c3)C(=O)[C@H]12. The van der Waals surface area contributed by atoms with Crippen molar-refractivity contribution < 1.29 is 14.4 Å². The Morgan fingerprint density at radius 2 is 1.05 bits per heavy atom. The van der Waals surface area contributed by atoms with Crippen LogP contribution in [0.5, 0.6) is 0 Å². The number of hydrogen-bond acceptors (Lipinski definition) is 3. The molecule has 2 bridgehead atoms. The summed E-state index contributed by atoms with van der Waals surface area (Å²) in [6.07, 6.45) is 0.935. The first kappa shape index (κ1) is 23.6. The van der Waals surface area contributed by atoms with Gasteiger partial charge in [-0.1, -0.05) is 80.6 Å². The zero-order valence-electron chi connectivity index (χ0n) is 21.7. The van der Waals surface area contributed by atoms with Crippen molar-refractivity contribution in [3.8, 4) is 0 Å². The van der Waals surface area contributed by atoms with E-state index in [9.17, 15) is 14.4 Å². The summed E-state index contributed by atoms with van der Waals surface area (Å²) in [6, 6.07) is 25.8. The molecule has 0 aromatic heterocycles. The number of hydrogen-bond donors (Lipinski definition) is 0. The van der Waals surface area contributed by atoms with Gasteiger partial charge in [0.15, 0.2) is 5.78 Å². The van der Waals surface area contributed by atoms with E-state index in [0.717, 1.165) is 33.4 Å². The Balaban J connectivity index is 1.67. The Morgan fingerprint density at radius 1 is 0.649 bits per heavy atom. The molecule has 2 aliphatic carbocycles. The first-order chi connectivity index (χ1) is 17.8. The van der Waals surface area contributed by atoms with Gasteiger partial charge in [0.05, 0.1) is 28.4 Å². The van der Waals surface area contributed by atoms with Crippen molar-refractivity contribution in [2.45, 2.75) is 40.5 Å². The smallest absolute Gasteiger partial charge is 0.239 e. The summed E-state index contributed by atoms with van der Waals surface area (Å²) in [4.78, 5) is 44.8. The summed E-state index contributed by atoms with van der Waals surface area (Å²) in [6.45, 7) is 7.93. The molecule has 1 aliphatic heterocycles. The zero-order valence-corrected chi connectivity index (χ0v) is 21.7. The van der Waals surface area contributed by atoms with E-state index in [1.165, 1.54) is 4.90 Å². The van der Waals surface area contributed by atoms with Gasteiger partial charge in [-0.15, -0.1) is 0 Å². The Labute approximate surface area is 218 Å². The predicted molar refractivity (Wildman–Crippen MR) is 146 cm³/mol. The molecule has 0 spiro atoms. The molecule has 1 heterocycles. The lowest BCUT2D eigenvalue weighted by atomic mass is 9.60. The van der Waals surface area contributed by atoms with Crippen molar-refractivity contribution in [2.24, 2.45) is 22.7 Å². The van der Waals surface area contributed by atoms with E-state index in [2.05, 4.69) is 0 Å². The molecule has 37 heavy (non-hydrogen) atoms. The fourth-order valence-electron chi connectivity index (χ4n) is 7.79. The van der Waals surface area contributed by atoms with Crippen LogP contribution in [-0.4, -0.2) is 17.6 Å². The molecule has 186 valence electrons. The lowest BCUT2D eigenvalue weighted by molar-refractivity contribution is -0.134. The number of anilines is 1. The number of imide groups is 1. The molecule has 0 unspecified atom stereocenters. The van der Waals surface area contributed by atoms with Crippen molar-refractivity contribution in [1.82, 2.24) is 0 Å². The topological polar surface area (TPSA) is 54.5 Å². The number of aryl methyl sites for hydroxylation is 2. The van der Waals surface area contributed by atoms with Gasteiger partial charge in [0.1, 0.15) is 0 Å². The van der Waals surface area contributed by atoms with Crippen molar-refractivity contribution in [3.63, 3.8) is 0 Å². The van der Waals surface area contributed by atoms with Crippen LogP contribution in [0.25, 0.3) is 11.1 Å². The van der Waals surface area contributed by atoms with Gasteiger partial charge in [-0.2, -0.15) is 0 Å². The molecule has 2 fully saturated rings. The Kier molecular flexibility index (Phi) is 5.17. The average Bonchev–Trinajstić information content (AvgIpc) is 3.40. The summed E-state index contributed by atoms with van der Waals surface area (Å²) in [7, 11) is 0. The van der Waals surface area contributed by atoms with Gasteiger partial charge in [-0.25, -0.2) is 4.90 Å². The monoisotopic (exact) mass is 489 g/mol. The van der Waals surface area contributed by atoms with Crippen LogP contribution in [0.15, 0.2) is 78.9 Å². The van der Waals surface area contributed by atoms with Crippen LogP contribution in [-0.2, 0) is 14.4 Å². The second kappa shape index (κ2) is 8.11. The largest absolute Gasteiger partial charge is 0.298 e. The number of Topliss-reactive ketones (excluding diaryl/α,β-unsaturated/α-hetero) is 1. The highest BCUT2D eigenvalue weighted by Crippen LogP contribution is 2.75. The quantitative estimate of drug-likeness (QED) is 0.389. The maximum atomic E-state index is 14.7. The van der Waals surface area contributed by atoms with Crippen LogP contribution in [0.3, 0.4) is 0 Å². The Morgan fingerprint density at radius 3 is 1.43 bits per heavy atom. The van der Waals surface area contributed by atoms with Crippen molar-refractivity contribution in [2.75, 3.05) is 4.90 Å². The number of benzene rings is 3. The van der Waals surface area contributed by atoms with E-state index >= 15 is 0 Å². The molecule has 4 atom stereocenters. The standard InChI is InChI=1S/C33H31NO3/c1-5-32-25(22-13-9-7-10-14-22)26(23-15-11-8-12-16-23)33(6-2,31(32)37)28-27(32)29(35)34(30(28)36)24-18-20(3)17-21(4)19-24/h7-19,27-28H,5-6H2,1-4H3/t27-,28+,32-,33-/m0/s1. The predicted octanol–water partition coefficient (Wildman–Crippen LogP) is 6.41. The highest BCUT2D eigenvalue weighted by atomic mass is 16.2. The molecule has 4 heteroatoms. The fraction of sp³-hybridized carbons (Fsp3) is 0.303. The number of fused-ring (bicyclic) bond motifs is 5. The third-order valence-electron chi connectivity index (χ3n) is 9.03. The lowest BCUT2D eigenvalue weighted by Crippen LogP contribution is -2.41. The maximum absolute atomic E-state index is 14.7. The number of amides is 2. The zero-order chi connectivity index (χ0) is 26.1. The van der Waals surface area contributed by atoms with Crippen LogP contribution in [0.2, 0.25) is 0 Å². The van der Waals surface area contributed by atoms with E-state index in [1.54, 1.807) is 0 Å². The molecule has 1 saturated carbocycles. The number of nitrogens with zero attached hydrogens (tertiary/aromatic N) is 1. The van der Waals surface area contributed by atoms with Crippen LogP contribution in [0.4, 0.5) is 5.69 Å². The number of carbonyl (C=O) groups is 3. The van der Waals surface area contributed by atoms with Gasteiger partial charge in [0.25, 0.3) is 0 Å². The maximum Gasteiger partial charge on any atom is 0.239 e. The van der Waals surface area contributed by atoms with Crippen molar-refractivity contribution in [1.29, 1.82) is 0 Å². The van der Waals surface area contributed by atoms with Gasteiger partial charge in [-0.05, 0) is 72.2 Å². The van der Waals surface area contributed by atoms with Crippen LogP contribution in [0.1, 0.15) is 48.9 Å². The first-order valence-corrected chi connectivity index (χ1v) is 13.2. The minimum atomic E-state index is -1.05. The van der Waals surface area contributed by atoms with E-state index in [1.807, 2.05) is 107 Å². The van der Waals surface area contributed by atoms with Crippen LogP contribution >= 0.6 is 0 Å². The second-order valence-corrected chi connectivity index (χ2v) is 10.8. The van der Waals surface area contributed by atoms with E-state index < -0.39 is 22.7 Å². The Bertz CT molecular complexity index is 1380. The molecule has 3 aromatic carbocycles. The Hall–Kier alpha value is -3.79. The number of rotatable bonds is 5. The number of allylic oxidation sites excluding steroid dienone is 2. The van der Waals surface area contributed by atoms with Crippen LogP contribution < -0.4 is 4.90 Å². The highest BCUT2D eigenvalue weighted by Gasteiger charge is 2.80. The molecule has 6 rings (SSSR count). The van der Waals surface area contributed by atoms with Crippen molar-refractivity contribution in [3.05, 3.63) is 101 Å². The second-order valence-electron chi connectivity index (χ2n) is 10.8. The van der Waals surface area contributed by atoms with Gasteiger partial charge < -0.3 is 0 Å². The molecule has 0 radical (unpaired) electrons. The minimum Gasteiger partial charge on any atom is -0.298 e. The van der Waals surface area contributed by atoms with E-state index in [-0.39, 0.29) is 17.6 Å². The van der Waals surface area contributed by atoms with Gasteiger partial charge >= 0.3 is 0 Å². The van der Waals surface area contributed by atoms with Crippen LogP contribution in [0, 0.1) is 36.5 Å². The summed E-state index contributed by atoms with van der Waals surface area (Å²) in [5.74, 6) is -1.86. The highest BCUT2D eigenvalue weighted by molar-refractivity contribution is 6.34. The minimum absolute atomic E-state index is 0.0412. The normalized spacial score (nSPS) is 28.4. The van der Waals surface area contributed by atoms with E-state index in [0.29, 0.717) is 18.5 Å². The molecule has 1 saturated heterocycles. The average molecular weight is 490 g/mol. The third kappa shape index (κ3) is 2.81. The molecule has 3 aromatic rings. The number of carbonyl (C=O) groups excluding carboxylic acids is 3. The van der Waals surface area contributed by atoms with Gasteiger partial charge in [-0.3, -0.25) is 14.4 Å². The summed E-state index contributed by atoms with van der Waals surface area (Å²) in [5, 5.41) is 0. The first-order valence-electron chi connectivity index (χ1n) is 13.2. The molecule has 3 aliphatic rings. The third-order valence-corrected chi connectivity index (χ3v) is 9.03. The van der Waals surface area contributed by atoms with Gasteiger partial charge in [0, 0.05) is 0 Å². The van der Waals surface area contributed by atoms with Gasteiger partial charge in [0.2, 0.25) is 11.8 Å². The molecule has 2 amide bonds. The van der Waals surface area contributed by atoms with E-state index in [4.69, 9.17) is 0 Å². The number of ketones is 1. The molecule has 4 nitrogen and oxygen atoms in total. The summed E-state index contributed by atoms with van der Waals surface area (Å²) >= 11 is 0. The summed E-state index contributed by atoms with van der Waals surface area (Å²) in [5.41, 5.74) is 4.27. The molecule has 0 N–H and O–H groups in total. The lowest BCUT2D eigenvalue weighted by Gasteiger charge is -2.38. The fourth-order valence-corrected chi connectivity index (χ4v) is 7.79. The summed E-state index contributed by atoms with van der Waals surface area (Å²) < 4.78 is 0. The molecular formula is C33H31NO3. The molecular weight excluding hydrogens is 458 g/mol. The van der Waals surface area contributed by atoms with Crippen molar-refractivity contribution >= 4 is 34.4 Å².